The van der Waals surface area contributed by atoms with Gasteiger partial charge in [0, 0.05) is 0 Å². The van der Waals surface area contributed by atoms with E-state index < -0.39 is 5.97 Å². The average Bonchev–Trinajstić information content (AvgIpc) is 2.75. The van der Waals surface area contributed by atoms with Crippen molar-refractivity contribution in [1.29, 1.82) is 0 Å². The van der Waals surface area contributed by atoms with E-state index in [0.29, 0.717) is 11.7 Å². The molecule has 1 heterocycles. The highest BCUT2D eigenvalue weighted by Crippen LogP contribution is 2.32. The topological polar surface area (TPSA) is 65.5 Å². The Bertz CT molecular complexity index is 403. The summed E-state index contributed by atoms with van der Waals surface area (Å²) < 4.78 is 10.0. The van der Waals surface area contributed by atoms with E-state index in [0.717, 1.165) is 6.42 Å². The highest BCUT2D eigenvalue weighted by Gasteiger charge is 2.24. The number of hydrogen-bond donors (Lipinski definition) is 1. The number of nitrogens with two attached hydrogens (primary N) is 1. The van der Waals surface area contributed by atoms with Crippen LogP contribution in [-0.2, 0) is 4.74 Å². The fraction of sp³-hybridized carbons (Fsp3) is 0.643. The minimum Gasteiger partial charge on any atom is -0.463 e. The van der Waals surface area contributed by atoms with Gasteiger partial charge in [-0.1, -0.05) is 27.7 Å². The number of rotatable bonds is 4. The molecule has 0 aromatic carbocycles. The number of carbonyl (C=O) groups excluding carboxylic acids is 1. The molecule has 4 heteroatoms. The van der Waals surface area contributed by atoms with Crippen LogP contribution in [0.1, 0.15) is 56.5 Å². The third-order valence-electron chi connectivity index (χ3n) is 3.46. The Balaban J connectivity index is 2.70. The van der Waals surface area contributed by atoms with Crippen molar-refractivity contribution in [3.05, 3.63) is 23.7 Å². The average molecular weight is 253 g/mol. The summed E-state index contributed by atoms with van der Waals surface area (Å²) in [4.78, 5) is 11.3. The van der Waals surface area contributed by atoms with Gasteiger partial charge in [0.2, 0.25) is 5.76 Å². The molecule has 0 radical (unpaired) electrons. The maximum atomic E-state index is 11.3. The van der Waals surface area contributed by atoms with E-state index in [1.54, 1.807) is 12.1 Å². The summed E-state index contributed by atoms with van der Waals surface area (Å²) in [5, 5.41) is 0. The van der Waals surface area contributed by atoms with Crippen molar-refractivity contribution >= 4 is 5.97 Å². The minimum absolute atomic E-state index is 0.197. The van der Waals surface area contributed by atoms with Crippen molar-refractivity contribution < 1.29 is 13.9 Å². The lowest BCUT2D eigenvalue weighted by molar-refractivity contribution is 0.0562. The molecule has 1 aromatic rings. The molecule has 0 aliphatic rings. The molecule has 1 rings (SSSR count). The molecule has 2 unspecified atom stereocenters. The Hall–Kier alpha value is -1.29. The maximum absolute atomic E-state index is 11.3. The minimum atomic E-state index is -0.475. The summed E-state index contributed by atoms with van der Waals surface area (Å²) in [5.74, 6) is 0.814. The van der Waals surface area contributed by atoms with Gasteiger partial charge in [-0.15, -0.1) is 0 Å². The van der Waals surface area contributed by atoms with Gasteiger partial charge in [0.15, 0.2) is 0 Å². The zero-order valence-electron chi connectivity index (χ0n) is 11.8. The molecule has 0 bridgehead atoms. The number of esters is 1. The van der Waals surface area contributed by atoms with E-state index in [4.69, 9.17) is 10.2 Å². The first kappa shape index (κ1) is 14.8. The number of ether oxygens (including phenoxy) is 1. The fourth-order valence-corrected chi connectivity index (χ4v) is 1.61. The van der Waals surface area contributed by atoms with Crippen molar-refractivity contribution in [3.63, 3.8) is 0 Å². The van der Waals surface area contributed by atoms with Gasteiger partial charge in [-0.2, -0.15) is 0 Å². The van der Waals surface area contributed by atoms with Crippen molar-refractivity contribution in [2.24, 2.45) is 17.1 Å². The highest BCUT2D eigenvalue weighted by molar-refractivity contribution is 5.86. The molecule has 0 aliphatic carbocycles. The van der Waals surface area contributed by atoms with Crippen LogP contribution in [-0.4, -0.2) is 13.1 Å². The number of methoxy groups -OCH3 is 1. The number of furan rings is 1. The molecule has 0 spiro atoms. The molecule has 0 amide bonds. The molecule has 0 saturated heterocycles. The van der Waals surface area contributed by atoms with Crippen molar-refractivity contribution in [2.45, 2.75) is 40.2 Å². The van der Waals surface area contributed by atoms with Crippen LogP contribution in [0, 0.1) is 11.3 Å². The van der Waals surface area contributed by atoms with Crippen LogP contribution in [0.15, 0.2) is 16.5 Å². The van der Waals surface area contributed by atoms with Gasteiger partial charge in [0.25, 0.3) is 0 Å². The lowest BCUT2D eigenvalue weighted by Crippen LogP contribution is -2.23. The molecular formula is C14H23NO3. The SMILES string of the molecule is COC(=O)c1ccc(C(N)CC(C)C(C)(C)C)o1. The van der Waals surface area contributed by atoms with Crippen LogP contribution >= 0.6 is 0 Å². The summed E-state index contributed by atoms with van der Waals surface area (Å²) in [6, 6.07) is 3.15. The first-order valence-electron chi connectivity index (χ1n) is 6.19. The molecule has 0 fully saturated rings. The van der Waals surface area contributed by atoms with E-state index in [9.17, 15) is 4.79 Å². The smallest absolute Gasteiger partial charge is 0.373 e. The summed E-state index contributed by atoms with van der Waals surface area (Å²) in [5.41, 5.74) is 6.31. The molecule has 0 aliphatic heterocycles. The van der Waals surface area contributed by atoms with Crippen LogP contribution in [0.3, 0.4) is 0 Å². The van der Waals surface area contributed by atoms with Gasteiger partial charge in [-0.3, -0.25) is 0 Å². The van der Waals surface area contributed by atoms with Gasteiger partial charge < -0.3 is 14.9 Å². The van der Waals surface area contributed by atoms with E-state index >= 15 is 0 Å². The van der Waals surface area contributed by atoms with E-state index in [1.165, 1.54) is 7.11 Å². The molecule has 1 aromatic heterocycles. The predicted molar refractivity (Wildman–Crippen MR) is 70.2 cm³/mol. The van der Waals surface area contributed by atoms with Crippen molar-refractivity contribution in [3.8, 4) is 0 Å². The third-order valence-corrected chi connectivity index (χ3v) is 3.46. The maximum Gasteiger partial charge on any atom is 0.373 e. The molecular weight excluding hydrogens is 230 g/mol. The van der Waals surface area contributed by atoms with Crippen LogP contribution in [0.4, 0.5) is 0 Å². The molecule has 2 atom stereocenters. The molecule has 0 saturated carbocycles. The zero-order chi connectivity index (χ0) is 13.9. The lowest BCUT2D eigenvalue weighted by atomic mass is 9.78. The van der Waals surface area contributed by atoms with Crippen molar-refractivity contribution in [1.82, 2.24) is 0 Å². The Kier molecular flexibility index (Phi) is 4.57. The second-order valence-corrected chi connectivity index (χ2v) is 5.80. The molecule has 18 heavy (non-hydrogen) atoms. The summed E-state index contributed by atoms with van der Waals surface area (Å²) >= 11 is 0. The summed E-state index contributed by atoms with van der Waals surface area (Å²) in [6.45, 7) is 8.73. The van der Waals surface area contributed by atoms with Gasteiger partial charge in [0.05, 0.1) is 13.2 Å². The molecule has 102 valence electrons. The fourth-order valence-electron chi connectivity index (χ4n) is 1.61. The van der Waals surface area contributed by atoms with Gasteiger partial charge in [-0.05, 0) is 29.9 Å². The standard InChI is InChI=1S/C14H23NO3/c1-9(14(2,3)4)8-10(15)11-6-7-12(18-11)13(16)17-5/h6-7,9-10H,8,15H2,1-5H3. The second kappa shape index (κ2) is 5.57. The Morgan fingerprint density at radius 1 is 1.44 bits per heavy atom. The number of hydrogen-bond acceptors (Lipinski definition) is 4. The van der Waals surface area contributed by atoms with E-state index in [2.05, 4.69) is 32.4 Å². The van der Waals surface area contributed by atoms with Crippen LogP contribution in [0.5, 0.6) is 0 Å². The predicted octanol–water partition coefficient (Wildman–Crippen LogP) is 3.14. The van der Waals surface area contributed by atoms with Crippen LogP contribution in [0.25, 0.3) is 0 Å². The van der Waals surface area contributed by atoms with Gasteiger partial charge in [-0.25, -0.2) is 4.79 Å². The van der Waals surface area contributed by atoms with Crippen LogP contribution < -0.4 is 5.73 Å². The largest absolute Gasteiger partial charge is 0.463 e. The first-order chi connectivity index (χ1) is 8.25. The number of carbonyl (C=O) groups is 1. The van der Waals surface area contributed by atoms with Crippen LogP contribution in [0.2, 0.25) is 0 Å². The Morgan fingerprint density at radius 2 is 2.06 bits per heavy atom. The van der Waals surface area contributed by atoms with E-state index in [1.807, 2.05) is 0 Å². The summed E-state index contributed by atoms with van der Waals surface area (Å²) in [6.07, 6.45) is 0.817. The summed E-state index contributed by atoms with van der Waals surface area (Å²) in [7, 11) is 1.33. The monoisotopic (exact) mass is 253 g/mol. The zero-order valence-corrected chi connectivity index (χ0v) is 11.8. The second-order valence-electron chi connectivity index (χ2n) is 5.80. The third kappa shape index (κ3) is 3.60. The first-order valence-corrected chi connectivity index (χ1v) is 6.19. The van der Waals surface area contributed by atoms with Gasteiger partial charge in [0.1, 0.15) is 5.76 Å². The quantitative estimate of drug-likeness (QED) is 0.837. The Morgan fingerprint density at radius 3 is 2.56 bits per heavy atom. The lowest BCUT2D eigenvalue weighted by Gasteiger charge is -2.28. The molecule has 4 nitrogen and oxygen atoms in total. The highest BCUT2D eigenvalue weighted by atomic mass is 16.5. The molecule has 2 N–H and O–H groups in total. The van der Waals surface area contributed by atoms with E-state index in [-0.39, 0.29) is 17.2 Å². The Labute approximate surface area is 108 Å². The van der Waals surface area contributed by atoms with Crippen molar-refractivity contribution in [2.75, 3.05) is 7.11 Å². The normalized spacial score (nSPS) is 15.2. The van der Waals surface area contributed by atoms with Gasteiger partial charge >= 0.3 is 5.97 Å².